The Morgan fingerprint density at radius 1 is 1.29 bits per heavy atom. The number of nitrogens with one attached hydrogen (secondary N) is 1. The predicted octanol–water partition coefficient (Wildman–Crippen LogP) is 1.96. The maximum atomic E-state index is 12.3. The van der Waals surface area contributed by atoms with Gasteiger partial charge in [-0.1, -0.05) is 26.0 Å². The highest BCUT2D eigenvalue weighted by Crippen LogP contribution is 2.33. The number of rotatable bonds is 3. The van der Waals surface area contributed by atoms with Crippen LogP contribution in [0.2, 0.25) is 0 Å². The maximum absolute atomic E-state index is 12.3. The van der Waals surface area contributed by atoms with E-state index in [9.17, 15) is 9.59 Å². The number of amides is 2. The molecule has 0 saturated carbocycles. The number of ether oxygens (including phenoxy) is 1. The van der Waals surface area contributed by atoms with Gasteiger partial charge in [0.05, 0.1) is 12.2 Å². The summed E-state index contributed by atoms with van der Waals surface area (Å²) in [5, 5.41) is 2.94. The fraction of sp³-hybridized carbons (Fsp3) is 0.500. The molecule has 5 nitrogen and oxygen atoms in total. The summed E-state index contributed by atoms with van der Waals surface area (Å²) in [7, 11) is 0. The molecule has 2 amide bonds. The number of hydrogen-bond donors (Lipinski definition) is 1. The zero-order valence-electron chi connectivity index (χ0n) is 12.9. The molecule has 1 aromatic rings. The number of carbonyl (C=O) groups excluding carboxylic acids is 2. The molecular formula is C16H22N2O3. The summed E-state index contributed by atoms with van der Waals surface area (Å²) in [6.07, 6.45) is -0.676. The summed E-state index contributed by atoms with van der Waals surface area (Å²) in [5.41, 5.74) is 0.714. The second kappa shape index (κ2) is 6.16. The molecule has 0 radical (unpaired) electrons. The van der Waals surface area contributed by atoms with Crippen LogP contribution in [0.25, 0.3) is 0 Å². The van der Waals surface area contributed by atoms with E-state index in [0.29, 0.717) is 17.4 Å². The van der Waals surface area contributed by atoms with Crippen molar-refractivity contribution in [3.05, 3.63) is 24.3 Å². The third kappa shape index (κ3) is 3.35. The highest BCUT2D eigenvalue weighted by molar-refractivity contribution is 5.95. The minimum Gasteiger partial charge on any atom is -0.477 e. The second-order valence-electron chi connectivity index (χ2n) is 5.75. The van der Waals surface area contributed by atoms with Crippen LogP contribution in [-0.2, 0) is 9.59 Å². The monoisotopic (exact) mass is 290 g/mol. The minimum atomic E-state index is -0.676. The Hall–Kier alpha value is -2.04. The molecule has 0 unspecified atom stereocenters. The zero-order chi connectivity index (χ0) is 15.6. The van der Waals surface area contributed by atoms with Crippen LogP contribution in [0.3, 0.4) is 0 Å². The lowest BCUT2D eigenvalue weighted by Crippen LogP contribution is -2.52. The first-order valence-corrected chi connectivity index (χ1v) is 7.24. The molecule has 2 atom stereocenters. The number of benzene rings is 1. The molecule has 0 saturated heterocycles. The van der Waals surface area contributed by atoms with E-state index in [2.05, 4.69) is 5.32 Å². The normalized spacial score (nSPS) is 18.7. The Bertz CT molecular complexity index is 542. The number of carbonyl (C=O) groups is 2. The first-order chi connectivity index (χ1) is 9.90. The van der Waals surface area contributed by atoms with E-state index in [-0.39, 0.29) is 24.4 Å². The van der Waals surface area contributed by atoms with Crippen molar-refractivity contribution in [2.45, 2.75) is 39.8 Å². The zero-order valence-corrected chi connectivity index (χ0v) is 12.9. The van der Waals surface area contributed by atoms with Gasteiger partial charge in [0.15, 0.2) is 6.10 Å². The highest BCUT2D eigenvalue weighted by atomic mass is 16.5. The number of hydrogen-bond acceptors (Lipinski definition) is 3. The van der Waals surface area contributed by atoms with Crippen LogP contribution in [0.5, 0.6) is 5.75 Å². The van der Waals surface area contributed by atoms with Crippen molar-refractivity contribution in [2.24, 2.45) is 5.92 Å². The molecule has 2 rings (SSSR count). The third-order valence-corrected chi connectivity index (χ3v) is 3.82. The molecule has 114 valence electrons. The van der Waals surface area contributed by atoms with Crippen LogP contribution < -0.4 is 15.0 Å². The first-order valence-electron chi connectivity index (χ1n) is 7.24. The van der Waals surface area contributed by atoms with Gasteiger partial charge in [-0.15, -0.1) is 0 Å². The van der Waals surface area contributed by atoms with Gasteiger partial charge in [-0.25, -0.2) is 0 Å². The van der Waals surface area contributed by atoms with Crippen molar-refractivity contribution < 1.29 is 14.3 Å². The van der Waals surface area contributed by atoms with Gasteiger partial charge in [0, 0.05) is 13.0 Å². The largest absolute Gasteiger partial charge is 0.477 e. The molecule has 1 heterocycles. The first kappa shape index (κ1) is 15.4. The fourth-order valence-electron chi connectivity index (χ4n) is 2.15. The molecule has 21 heavy (non-hydrogen) atoms. The Labute approximate surface area is 125 Å². The van der Waals surface area contributed by atoms with Crippen LogP contribution in [-0.4, -0.2) is 30.5 Å². The number of para-hydroxylation sites is 2. The Kier molecular flexibility index (Phi) is 4.50. The van der Waals surface area contributed by atoms with E-state index in [4.69, 9.17) is 4.74 Å². The molecule has 0 spiro atoms. The van der Waals surface area contributed by atoms with Crippen LogP contribution in [0.15, 0.2) is 24.3 Å². The number of nitrogens with zero attached hydrogens (tertiary/aromatic N) is 1. The highest BCUT2D eigenvalue weighted by Gasteiger charge is 2.33. The summed E-state index contributed by atoms with van der Waals surface area (Å²) in [4.78, 5) is 25.7. The fourth-order valence-corrected chi connectivity index (χ4v) is 2.15. The van der Waals surface area contributed by atoms with Gasteiger partial charge in [-0.3, -0.25) is 9.59 Å². The lowest BCUT2D eigenvalue weighted by atomic mass is 10.1. The van der Waals surface area contributed by atoms with Gasteiger partial charge in [-0.05, 0) is 25.0 Å². The van der Waals surface area contributed by atoms with Crippen LogP contribution in [0.4, 0.5) is 5.69 Å². The molecule has 1 N–H and O–H groups in total. The quantitative estimate of drug-likeness (QED) is 0.926. The molecule has 0 aliphatic carbocycles. The van der Waals surface area contributed by atoms with Crippen LogP contribution >= 0.6 is 0 Å². The second-order valence-corrected chi connectivity index (χ2v) is 5.75. The van der Waals surface area contributed by atoms with Crippen LogP contribution in [0.1, 0.15) is 27.7 Å². The van der Waals surface area contributed by atoms with E-state index in [1.165, 1.54) is 6.92 Å². The summed E-state index contributed by atoms with van der Waals surface area (Å²) in [5.74, 6) is 0.627. The van der Waals surface area contributed by atoms with Gasteiger partial charge in [0.1, 0.15) is 5.75 Å². The van der Waals surface area contributed by atoms with Gasteiger partial charge in [0.25, 0.3) is 5.91 Å². The van der Waals surface area contributed by atoms with Crippen molar-refractivity contribution >= 4 is 17.5 Å². The third-order valence-electron chi connectivity index (χ3n) is 3.82. The molecule has 1 aromatic carbocycles. The van der Waals surface area contributed by atoms with E-state index in [1.54, 1.807) is 11.0 Å². The Balaban J connectivity index is 2.18. The van der Waals surface area contributed by atoms with Crippen molar-refractivity contribution in [2.75, 3.05) is 11.4 Å². The Morgan fingerprint density at radius 3 is 2.57 bits per heavy atom. The van der Waals surface area contributed by atoms with Gasteiger partial charge in [0.2, 0.25) is 5.91 Å². The molecule has 0 bridgehead atoms. The van der Waals surface area contributed by atoms with Gasteiger partial charge >= 0.3 is 0 Å². The van der Waals surface area contributed by atoms with E-state index >= 15 is 0 Å². The van der Waals surface area contributed by atoms with Crippen molar-refractivity contribution in [1.82, 2.24) is 5.32 Å². The molecule has 1 aliphatic heterocycles. The van der Waals surface area contributed by atoms with Gasteiger partial charge in [-0.2, -0.15) is 0 Å². The Morgan fingerprint density at radius 2 is 1.95 bits per heavy atom. The number of anilines is 1. The standard InChI is InChI=1S/C16H22N2O3/c1-10(2)11(3)17-16(20)15-9-18(12(4)19)13-7-5-6-8-14(13)21-15/h5-8,10-11,15H,9H2,1-4H3,(H,17,20)/t11-,15-/m0/s1. The topological polar surface area (TPSA) is 58.6 Å². The van der Waals surface area contributed by atoms with Crippen molar-refractivity contribution in [1.29, 1.82) is 0 Å². The summed E-state index contributed by atoms with van der Waals surface area (Å²) in [6.45, 7) is 7.78. The summed E-state index contributed by atoms with van der Waals surface area (Å²) in [6, 6.07) is 7.33. The van der Waals surface area contributed by atoms with Crippen LogP contribution in [0, 0.1) is 5.92 Å². The minimum absolute atomic E-state index is 0.0593. The predicted molar refractivity (Wildman–Crippen MR) is 81.3 cm³/mol. The van der Waals surface area contributed by atoms with Crippen molar-refractivity contribution in [3.63, 3.8) is 0 Å². The average molecular weight is 290 g/mol. The number of fused-ring (bicyclic) bond motifs is 1. The molecule has 0 fully saturated rings. The summed E-state index contributed by atoms with van der Waals surface area (Å²) < 4.78 is 5.75. The molecular weight excluding hydrogens is 268 g/mol. The van der Waals surface area contributed by atoms with E-state index in [0.717, 1.165) is 0 Å². The lowest BCUT2D eigenvalue weighted by molar-refractivity contribution is -0.129. The lowest BCUT2D eigenvalue weighted by Gasteiger charge is -2.34. The molecule has 1 aliphatic rings. The van der Waals surface area contributed by atoms with E-state index < -0.39 is 6.10 Å². The van der Waals surface area contributed by atoms with Gasteiger partial charge < -0.3 is 15.0 Å². The van der Waals surface area contributed by atoms with Crippen molar-refractivity contribution in [3.8, 4) is 5.75 Å². The molecule has 0 aromatic heterocycles. The molecule has 5 heteroatoms. The van der Waals surface area contributed by atoms with E-state index in [1.807, 2.05) is 39.0 Å². The average Bonchev–Trinajstić information content (AvgIpc) is 2.45. The summed E-state index contributed by atoms with van der Waals surface area (Å²) >= 11 is 0. The maximum Gasteiger partial charge on any atom is 0.263 e. The SMILES string of the molecule is CC(=O)N1C[C@@H](C(=O)N[C@@H](C)C(C)C)Oc2ccccc21. The smallest absolute Gasteiger partial charge is 0.263 e.